The monoisotopic (exact) mass is 284 g/mol. The molecule has 1 fully saturated rings. The first-order valence-corrected chi connectivity index (χ1v) is 6.61. The van der Waals surface area contributed by atoms with E-state index in [4.69, 9.17) is 0 Å². The lowest BCUT2D eigenvalue weighted by Gasteiger charge is -2.43. The first kappa shape index (κ1) is 13.3. The molecular weight excluding hydrogens is 269 g/mol. The number of amides is 1. The molecule has 20 heavy (non-hydrogen) atoms. The molecule has 3 rings (SSSR count). The number of benzene rings is 1. The van der Waals surface area contributed by atoms with E-state index in [1.807, 2.05) is 0 Å². The van der Waals surface area contributed by atoms with E-state index in [0.717, 1.165) is 25.0 Å². The average Bonchev–Trinajstić information content (AvgIpc) is 2.86. The number of carbonyl (C=O) groups is 1. The molecule has 0 saturated heterocycles. The molecule has 3 nitrogen and oxygen atoms in total. The van der Waals surface area contributed by atoms with E-state index in [1.165, 1.54) is 6.07 Å². The number of halogens is 3. The molecular formula is C14H15F3N2O. The van der Waals surface area contributed by atoms with Crippen LogP contribution in [0, 0.1) is 0 Å². The predicted molar refractivity (Wildman–Crippen MR) is 69.7 cm³/mol. The van der Waals surface area contributed by atoms with Gasteiger partial charge in [-0.2, -0.15) is 13.2 Å². The lowest BCUT2D eigenvalue weighted by molar-refractivity contribution is -0.137. The van der Waals surface area contributed by atoms with Crippen LogP contribution < -0.4 is 10.2 Å². The molecule has 1 spiro atoms. The third kappa shape index (κ3) is 1.77. The Morgan fingerprint density at radius 3 is 2.50 bits per heavy atom. The number of hydrogen-bond acceptors (Lipinski definition) is 2. The van der Waals surface area contributed by atoms with Crippen molar-refractivity contribution in [2.45, 2.75) is 37.4 Å². The van der Waals surface area contributed by atoms with E-state index in [2.05, 4.69) is 5.32 Å². The van der Waals surface area contributed by atoms with Gasteiger partial charge in [-0.3, -0.25) is 4.79 Å². The van der Waals surface area contributed by atoms with Crippen LogP contribution in [0.4, 0.5) is 24.5 Å². The Hall–Kier alpha value is -1.72. The second-order valence-electron chi connectivity index (χ2n) is 5.48. The lowest BCUT2D eigenvalue weighted by Crippen LogP contribution is -2.56. The summed E-state index contributed by atoms with van der Waals surface area (Å²) >= 11 is 0. The molecule has 0 bridgehead atoms. The quantitative estimate of drug-likeness (QED) is 0.792. The lowest BCUT2D eigenvalue weighted by atomic mass is 9.90. The van der Waals surface area contributed by atoms with Gasteiger partial charge < -0.3 is 10.2 Å². The second kappa shape index (κ2) is 4.14. The predicted octanol–water partition coefficient (Wildman–Crippen LogP) is 3.41. The molecule has 1 heterocycles. The molecule has 0 aromatic heterocycles. The normalized spacial score (nSPS) is 21.0. The van der Waals surface area contributed by atoms with E-state index < -0.39 is 17.3 Å². The summed E-state index contributed by atoms with van der Waals surface area (Å²) in [5.41, 5.74) is -0.478. The van der Waals surface area contributed by atoms with Crippen molar-refractivity contribution in [1.29, 1.82) is 0 Å². The van der Waals surface area contributed by atoms with Gasteiger partial charge in [0.15, 0.2) is 0 Å². The van der Waals surface area contributed by atoms with E-state index in [1.54, 1.807) is 11.9 Å². The number of carbonyl (C=O) groups excluding carboxylic acids is 1. The maximum absolute atomic E-state index is 12.8. The molecule has 6 heteroatoms. The molecule has 2 aliphatic rings. The fourth-order valence-electron chi connectivity index (χ4n) is 3.24. The molecule has 1 aromatic carbocycles. The summed E-state index contributed by atoms with van der Waals surface area (Å²) in [5, 5.41) is 2.75. The average molecular weight is 284 g/mol. The highest BCUT2D eigenvalue weighted by Gasteiger charge is 2.48. The van der Waals surface area contributed by atoms with E-state index in [-0.39, 0.29) is 5.91 Å². The smallest absolute Gasteiger partial charge is 0.358 e. The number of anilines is 2. The number of nitrogens with one attached hydrogen (secondary N) is 1. The standard InChI is InChI=1S/C14H15F3N2O/c1-19-11-8-9(14(15,16)17)4-5-10(11)18-12(20)13(19)6-2-3-7-13/h4-5,8H,2-3,6-7H2,1H3,(H,18,20). The van der Waals surface area contributed by atoms with Crippen LogP contribution in [0.1, 0.15) is 31.2 Å². The Bertz CT molecular complexity index is 562. The minimum absolute atomic E-state index is 0.107. The van der Waals surface area contributed by atoms with Gasteiger partial charge in [0, 0.05) is 7.05 Å². The van der Waals surface area contributed by atoms with Crippen LogP contribution in [0.5, 0.6) is 0 Å². The van der Waals surface area contributed by atoms with Gasteiger partial charge in [0.05, 0.1) is 16.9 Å². The maximum Gasteiger partial charge on any atom is 0.416 e. The molecule has 1 aromatic rings. The summed E-state index contributed by atoms with van der Waals surface area (Å²) in [6.07, 6.45) is -1.16. The number of fused-ring (bicyclic) bond motifs is 1. The fourth-order valence-corrected chi connectivity index (χ4v) is 3.24. The van der Waals surface area contributed by atoms with Crippen LogP contribution in [0.3, 0.4) is 0 Å². The van der Waals surface area contributed by atoms with Gasteiger partial charge in [-0.25, -0.2) is 0 Å². The van der Waals surface area contributed by atoms with E-state index >= 15 is 0 Å². The van der Waals surface area contributed by atoms with Gasteiger partial charge in [-0.05, 0) is 31.0 Å². The highest BCUT2D eigenvalue weighted by atomic mass is 19.4. The van der Waals surface area contributed by atoms with Gasteiger partial charge >= 0.3 is 6.18 Å². The summed E-state index contributed by atoms with van der Waals surface area (Å²) in [7, 11) is 1.71. The van der Waals surface area contributed by atoms with Crippen molar-refractivity contribution in [3.8, 4) is 0 Å². The zero-order valence-electron chi connectivity index (χ0n) is 11.0. The Morgan fingerprint density at radius 1 is 1.25 bits per heavy atom. The zero-order chi connectivity index (χ0) is 14.5. The largest absolute Gasteiger partial charge is 0.416 e. The van der Waals surface area contributed by atoms with Crippen LogP contribution in [-0.4, -0.2) is 18.5 Å². The van der Waals surface area contributed by atoms with Crippen molar-refractivity contribution >= 4 is 17.3 Å². The third-order valence-corrected chi connectivity index (χ3v) is 4.43. The van der Waals surface area contributed by atoms with Gasteiger partial charge in [0.25, 0.3) is 0 Å². The number of rotatable bonds is 0. The molecule has 0 radical (unpaired) electrons. The minimum Gasteiger partial charge on any atom is -0.358 e. The van der Waals surface area contributed by atoms with E-state index in [0.29, 0.717) is 24.2 Å². The third-order valence-electron chi connectivity index (χ3n) is 4.43. The zero-order valence-corrected chi connectivity index (χ0v) is 11.0. The van der Waals surface area contributed by atoms with Crippen LogP contribution in [-0.2, 0) is 11.0 Å². The van der Waals surface area contributed by atoms with Crippen LogP contribution >= 0.6 is 0 Å². The van der Waals surface area contributed by atoms with Gasteiger partial charge in [-0.1, -0.05) is 12.8 Å². The first-order chi connectivity index (χ1) is 9.34. The second-order valence-corrected chi connectivity index (χ2v) is 5.48. The Labute approximate surface area is 114 Å². The Balaban J connectivity index is 2.08. The number of hydrogen-bond donors (Lipinski definition) is 1. The summed E-state index contributed by atoms with van der Waals surface area (Å²) in [6, 6.07) is 3.45. The van der Waals surface area contributed by atoms with Crippen LogP contribution in [0.2, 0.25) is 0 Å². The summed E-state index contributed by atoms with van der Waals surface area (Å²) < 4.78 is 38.5. The van der Waals surface area contributed by atoms with Crippen LogP contribution in [0.15, 0.2) is 18.2 Å². The molecule has 1 N–H and O–H groups in total. The molecule has 1 amide bonds. The molecule has 0 unspecified atom stereocenters. The summed E-state index contributed by atoms with van der Waals surface area (Å²) in [6.45, 7) is 0. The summed E-state index contributed by atoms with van der Waals surface area (Å²) in [5.74, 6) is -0.107. The Kier molecular flexibility index (Phi) is 2.74. The Morgan fingerprint density at radius 2 is 1.90 bits per heavy atom. The molecule has 1 aliphatic heterocycles. The van der Waals surface area contributed by atoms with Crippen molar-refractivity contribution < 1.29 is 18.0 Å². The molecule has 1 saturated carbocycles. The van der Waals surface area contributed by atoms with Crippen molar-refractivity contribution in [2.24, 2.45) is 0 Å². The van der Waals surface area contributed by atoms with Crippen LogP contribution in [0.25, 0.3) is 0 Å². The summed E-state index contributed by atoms with van der Waals surface area (Å²) in [4.78, 5) is 14.0. The van der Waals surface area contributed by atoms with Gasteiger partial charge in [0.2, 0.25) is 5.91 Å². The minimum atomic E-state index is -4.37. The topological polar surface area (TPSA) is 32.3 Å². The fraction of sp³-hybridized carbons (Fsp3) is 0.500. The SMILES string of the molecule is CN1c2cc(C(F)(F)F)ccc2NC(=O)C12CCCC2. The van der Waals surface area contributed by atoms with Gasteiger partial charge in [-0.15, -0.1) is 0 Å². The van der Waals surface area contributed by atoms with Crippen molar-refractivity contribution in [1.82, 2.24) is 0 Å². The first-order valence-electron chi connectivity index (χ1n) is 6.61. The van der Waals surface area contributed by atoms with Crippen molar-refractivity contribution in [2.75, 3.05) is 17.3 Å². The number of alkyl halides is 3. The molecule has 108 valence electrons. The van der Waals surface area contributed by atoms with Gasteiger partial charge in [0.1, 0.15) is 5.54 Å². The van der Waals surface area contributed by atoms with E-state index in [9.17, 15) is 18.0 Å². The molecule has 0 atom stereocenters. The highest BCUT2D eigenvalue weighted by Crippen LogP contribution is 2.45. The van der Waals surface area contributed by atoms with Crippen molar-refractivity contribution in [3.05, 3.63) is 23.8 Å². The highest BCUT2D eigenvalue weighted by molar-refractivity contribution is 6.06. The number of nitrogens with zero attached hydrogens (tertiary/aromatic N) is 1. The number of likely N-dealkylation sites (N-methyl/N-ethyl adjacent to an activating group) is 1. The van der Waals surface area contributed by atoms with Crippen molar-refractivity contribution in [3.63, 3.8) is 0 Å². The molecule has 1 aliphatic carbocycles. The maximum atomic E-state index is 12.8.